The fourth-order valence-electron chi connectivity index (χ4n) is 1.81. The number of H-pyrrole nitrogens is 1. The Balaban J connectivity index is 2.09. The first-order valence-electron chi connectivity index (χ1n) is 6.06. The molecule has 0 fully saturated rings. The fourth-order valence-corrected chi connectivity index (χ4v) is 1.81. The summed E-state index contributed by atoms with van der Waals surface area (Å²) >= 11 is 0. The van der Waals surface area contributed by atoms with Crippen LogP contribution in [-0.4, -0.2) is 27.3 Å². The Hall–Kier alpha value is -1.88. The lowest BCUT2D eigenvalue weighted by molar-refractivity contribution is 0.523. The molecule has 2 rings (SSSR count). The molecule has 96 valence electrons. The summed E-state index contributed by atoms with van der Waals surface area (Å²) in [4.78, 5) is 3.00. The quantitative estimate of drug-likeness (QED) is 0.753. The molecular formula is C13H19N5. The van der Waals surface area contributed by atoms with Gasteiger partial charge < -0.3 is 16.0 Å². The maximum Gasteiger partial charge on any atom is 0.149 e. The molecule has 0 aromatic carbocycles. The van der Waals surface area contributed by atoms with Crippen molar-refractivity contribution in [3.8, 4) is 11.3 Å². The molecule has 5 heteroatoms. The van der Waals surface area contributed by atoms with E-state index in [2.05, 4.69) is 34.3 Å². The van der Waals surface area contributed by atoms with E-state index >= 15 is 0 Å². The maximum atomic E-state index is 5.58. The zero-order valence-corrected chi connectivity index (χ0v) is 10.8. The van der Waals surface area contributed by atoms with Gasteiger partial charge in [-0.15, -0.1) is 10.2 Å². The van der Waals surface area contributed by atoms with Crippen LogP contribution in [0.1, 0.15) is 20.3 Å². The molecule has 0 unspecified atom stereocenters. The van der Waals surface area contributed by atoms with Crippen molar-refractivity contribution in [2.24, 2.45) is 5.73 Å². The number of anilines is 1. The molecule has 18 heavy (non-hydrogen) atoms. The number of aromatic amines is 1. The van der Waals surface area contributed by atoms with Crippen molar-refractivity contribution in [2.45, 2.75) is 25.8 Å². The molecule has 4 N–H and O–H groups in total. The number of nitrogens with one attached hydrogen (secondary N) is 2. The maximum absolute atomic E-state index is 5.58. The molecule has 0 radical (unpaired) electrons. The average molecular weight is 245 g/mol. The summed E-state index contributed by atoms with van der Waals surface area (Å²) in [6.45, 7) is 4.85. The van der Waals surface area contributed by atoms with Crippen molar-refractivity contribution in [3.05, 3.63) is 30.6 Å². The summed E-state index contributed by atoms with van der Waals surface area (Å²) in [7, 11) is 0. The minimum Gasteiger partial charge on any atom is -0.367 e. The third-order valence-electron chi connectivity index (χ3n) is 2.79. The number of nitrogens with zero attached hydrogens (tertiary/aromatic N) is 2. The molecule has 0 bridgehead atoms. The van der Waals surface area contributed by atoms with Gasteiger partial charge in [-0.05, 0) is 45.0 Å². The number of rotatable bonds is 5. The first kappa shape index (κ1) is 12.6. The molecule has 0 atom stereocenters. The Kier molecular flexibility index (Phi) is 3.62. The summed E-state index contributed by atoms with van der Waals surface area (Å²) in [5.74, 6) is 0.771. The monoisotopic (exact) mass is 245 g/mol. The van der Waals surface area contributed by atoms with E-state index in [1.54, 1.807) is 0 Å². The molecule has 0 saturated carbocycles. The van der Waals surface area contributed by atoms with Crippen molar-refractivity contribution in [3.63, 3.8) is 0 Å². The van der Waals surface area contributed by atoms with Crippen molar-refractivity contribution in [1.29, 1.82) is 0 Å². The van der Waals surface area contributed by atoms with Crippen LogP contribution in [0.3, 0.4) is 0 Å². The summed E-state index contributed by atoms with van der Waals surface area (Å²) in [5, 5.41) is 11.7. The van der Waals surface area contributed by atoms with Crippen LogP contribution in [0, 0.1) is 0 Å². The van der Waals surface area contributed by atoms with E-state index in [1.165, 1.54) is 0 Å². The van der Waals surface area contributed by atoms with Gasteiger partial charge in [-0.3, -0.25) is 0 Å². The summed E-state index contributed by atoms with van der Waals surface area (Å²) in [6, 6.07) is 5.86. The lowest BCUT2D eigenvalue weighted by atomic mass is 10.0. The first-order chi connectivity index (χ1) is 8.61. The Morgan fingerprint density at radius 2 is 2.11 bits per heavy atom. The van der Waals surface area contributed by atoms with Crippen molar-refractivity contribution in [1.82, 2.24) is 15.2 Å². The molecule has 0 aliphatic rings. The van der Waals surface area contributed by atoms with Crippen LogP contribution in [0.2, 0.25) is 0 Å². The molecule has 0 amide bonds. The Morgan fingerprint density at radius 1 is 1.28 bits per heavy atom. The molecule has 2 aromatic rings. The largest absolute Gasteiger partial charge is 0.367 e. The molecule has 0 spiro atoms. The zero-order chi connectivity index (χ0) is 13.0. The predicted octanol–water partition coefficient (Wildman–Crippen LogP) is 2.01. The van der Waals surface area contributed by atoms with Crippen molar-refractivity contribution < 1.29 is 0 Å². The van der Waals surface area contributed by atoms with Gasteiger partial charge >= 0.3 is 0 Å². The number of hydrogen-bond donors (Lipinski definition) is 3. The minimum atomic E-state index is -0.0704. The van der Waals surface area contributed by atoms with Gasteiger partial charge in [0.15, 0.2) is 0 Å². The number of hydrogen-bond acceptors (Lipinski definition) is 4. The second-order valence-corrected chi connectivity index (χ2v) is 4.95. The highest BCUT2D eigenvalue weighted by Gasteiger charge is 2.16. The van der Waals surface area contributed by atoms with Crippen LogP contribution in [-0.2, 0) is 0 Å². The van der Waals surface area contributed by atoms with Gasteiger partial charge in [0.1, 0.15) is 5.82 Å². The zero-order valence-electron chi connectivity index (χ0n) is 10.8. The highest BCUT2D eigenvalue weighted by atomic mass is 15.2. The molecule has 5 nitrogen and oxygen atoms in total. The van der Waals surface area contributed by atoms with Crippen LogP contribution in [0.15, 0.2) is 30.6 Å². The lowest BCUT2D eigenvalue weighted by Crippen LogP contribution is -2.33. The number of nitrogens with two attached hydrogens (primary N) is 1. The summed E-state index contributed by atoms with van der Waals surface area (Å²) in [5.41, 5.74) is 7.40. The van der Waals surface area contributed by atoms with Gasteiger partial charge in [0, 0.05) is 23.5 Å². The normalized spacial score (nSPS) is 11.5. The lowest BCUT2D eigenvalue weighted by Gasteiger charge is -2.25. The third kappa shape index (κ3) is 3.07. The van der Waals surface area contributed by atoms with E-state index in [0.29, 0.717) is 6.54 Å². The minimum absolute atomic E-state index is 0.0704. The molecule has 2 aromatic heterocycles. The van der Waals surface area contributed by atoms with E-state index in [4.69, 9.17) is 5.73 Å². The van der Waals surface area contributed by atoms with E-state index in [0.717, 1.165) is 23.5 Å². The van der Waals surface area contributed by atoms with Gasteiger partial charge in [-0.2, -0.15) is 0 Å². The van der Waals surface area contributed by atoms with Crippen LogP contribution in [0.25, 0.3) is 11.3 Å². The van der Waals surface area contributed by atoms with Crippen LogP contribution in [0.5, 0.6) is 0 Å². The van der Waals surface area contributed by atoms with Gasteiger partial charge in [0.25, 0.3) is 0 Å². The smallest absolute Gasteiger partial charge is 0.149 e. The highest BCUT2D eigenvalue weighted by molar-refractivity contribution is 5.58. The Bertz CT molecular complexity index is 473. The van der Waals surface area contributed by atoms with E-state index in [1.807, 2.05) is 30.6 Å². The third-order valence-corrected chi connectivity index (χ3v) is 2.79. The second-order valence-electron chi connectivity index (χ2n) is 4.95. The van der Waals surface area contributed by atoms with Crippen LogP contribution in [0.4, 0.5) is 5.82 Å². The van der Waals surface area contributed by atoms with Gasteiger partial charge in [-0.1, -0.05) is 0 Å². The molecule has 0 saturated heterocycles. The van der Waals surface area contributed by atoms with E-state index in [-0.39, 0.29) is 5.54 Å². The van der Waals surface area contributed by atoms with Crippen LogP contribution < -0.4 is 11.1 Å². The molecule has 0 aliphatic heterocycles. The van der Waals surface area contributed by atoms with E-state index in [9.17, 15) is 0 Å². The number of aromatic nitrogens is 3. The Morgan fingerprint density at radius 3 is 2.67 bits per heavy atom. The van der Waals surface area contributed by atoms with E-state index < -0.39 is 0 Å². The molecule has 0 aliphatic carbocycles. The highest BCUT2D eigenvalue weighted by Crippen LogP contribution is 2.18. The summed E-state index contributed by atoms with van der Waals surface area (Å²) < 4.78 is 0. The SMILES string of the molecule is CC(C)(CCN)Nc1ccc(-c2cc[nH]c2)nn1. The molecule has 2 heterocycles. The van der Waals surface area contributed by atoms with Crippen molar-refractivity contribution >= 4 is 5.82 Å². The van der Waals surface area contributed by atoms with Gasteiger partial charge in [-0.25, -0.2) is 0 Å². The fraction of sp³-hybridized carbons (Fsp3) is 0.385. The topological polar surface area (TPSA) is 79.6 Å². The Labute approximate surface area is 107 Å². The summed E-state index contributed by atoms with van der Waals surface area (Å²) in [6.07, 6.45) is 4.65. The second kappa shape index (κ2) is 5.18. The van der Waals surface area contributed by atoms with Gasteiger partial charge in [0.05, 0.1) is 5.69 Å². The molecular weight excluding hydrogens is 226 g/mol. The standard InChI is InChI=1S/C13H19N5/c1-13(2,6-7-14)16-12-4-3-11(17-18-12)10-5-8-15-9-10/h3-5,8-9,15H,6-7,14H2,1-2H3,(H,16,18). The van der Waals surface area contributed by atoms with Crippen molar-refractivity contribution in [2.75, 3.05) is 11.9 Å². The van der Waals surface area contributed by atoms with Crippen LogP contribution >= 0.6 is 0 Å². The predicted molar refractivity (Wildman–Crippen MR) is 73.2 cm³/mol. The average Bonchev–Trinajstić information content (AvgIpc) is 2.82. The first-order valence-corrected chi connectivity index (χ1v) is 6.06. The van der Waals surface area contributed by atoms with Gasteiger partial charge in [0.2, 0.25) is 0 Å².